The number of ether oxygens (including phenoxy) is 1. The van der Waals surface area contributed by atoms with Gasteiger partial charge in [-0.15, -0.1) is 0 Å². The van der Waals surface area contributed by atoms with E-state index in [0.29, 0.717) is 0 Å². The van der Waals surface area contributed by atoms with Gasteiger partial charge in [-0.25, -0.2) is 12.8 Å². The maximum absolute atomic E-state index is 13.8. The highest BCUT2D eigenvalue weighted by Gasteiger charge is 2.43. The molecule has 0 N–H and O–H groups in total. The number of hydrogen-bond acceptors (Lipinski definition) is 3. The van der Waals surface area contributed by atoms with Crippen molar-refractivity contribution in [2.45, 2.75) is 24.3 Å². The van der Waals surface area contributed by atoms with Crippen molar-refractivity contribution < 1.29 is 17.5 Å². The minimum Gasteiger partial charge on any atom is -0.363 e. The van der Waals surface area contributed by atoms with Gasteiger partial charge in [0.05, 0.1) is 17.2 Å². The van der Waals surface area contributed by atoms with Gasteiger partial charge in [-0.1, -0.05) is 17.7 Å². The molecule has 1 aliphatic rings. The van der Waals surface area contributed by atoms with Crippen molar-refractivity contribution in [3.63, 3.8) is 0 Å². The van der Waals surface area contributed by atoms with Gasteiger partial charge in [-0.05, 0) is 26.0 Å². The Balaban J connectivity index is 2.53. The van der Waals surface area contributed by atoms with Crippen LogP contribution in [-0.2, 0) is 14.8 Å². The molecule has 4 nitrogen and oxygen atoms in total. The maximum atomic E-state index is 13.8. The number of rotatable bonds is 2. The van der Waals surface area contributed by atoms with Gasteiger partial charge in [0.15, 0.2) is 5.82 Å². The SMILES string of the molecule is CC1(C)COCN1S(=O)(=O)c1cccc(Cl)c1F. The highest BCUT2D eigenvalue weighted by atomic mass is 35.5. The molecule has 100 valence electrons. The van der Waals surface area contributed by atoms with Gasteiger partial charge < -0.3 is 4.74 Å². The molecule has 0 amide bonds. The van der Waals surface area contributed by atoms with E-state index in [1.54, 1.807) is 13.8 Å². The lowest BCUT2D eigenvalue weighted by atomic mass is 10.1. The van der Waals surface area contributed by atoms with Crippen LogP contribution < -0.4 is 0 Å². The Morgan fingerprint density at radius 3 is 2.67 bits per heavy atom. The summed E-state index contributed by atoms with van der Waals surface area (Å²) in [5.41, 5.74) is -0.701. The van der Waals surface area contributed by atoms with Crippen molar-refractivity contribution in [1.82, 2.24) is 4.31 Å². The summed E-state index contributed by atoms with van der Waals surface area (Å²) in [5.74, 6) is -0.929. The van der Waals surface area contributed by atoms with E-state index >= 15 is 0 Å². The van der Waals surface area contributed by atoms with Gasteiger partial charge in [0, 0.05) is 0 Å². The molecular weight excluding hydrogens is 281 g/mol. The van der Waals surface area contributed by atoms with Crippen LogP contribution in [-0.4, -0.2) is 31.6 Å². The average Bonchev–Trinajstić information content (AvgIpc) is 2.62. The third-order valence-corrected chi connectivity index (χ3v) is 5.17. The first-order valence-electron chi connectivity index (χ1n) is 5.31. The fourth-order valence-electron chi connectivity index (χ4n) is 1.82. The summed E-state index contributed by atoms with van der Waals surface area (Å²) >= 11 is 5.61. The highest BCUT2D eigenvalue weighted by molar-refractivity contribution is 7.89. The monoisotopic (exact) mass is 293 g/mol. The molecule has 2 rings (SSSR count). The smallest absolute Gasteiger partial charge is 0.248 e. The van der Waals surface area contributed by atoms with Crippen molar-refractivity contribution in [1.29, 1.82) is 0 Å². The largest absolute Gasteiger partial charge is 0.363 e. The third-order valence-electron chi connectivity index (χ3n) is 2.82. The number of nitrogens with zero attached hydrogens (tertiary/aromatic N) is 1. The molecule has 7 heteroatoms. The predicted octanol–water partition coefficient (Wildman–Crippen LogP) is 2.24. The van der Waals surface area contributed by atoms with Crippen LogP contribution in [0.3, 0.4) is 0 Å². The van der Waals surface area contributed by atoms with E-state index in [9.17, 15) is 12.8 Å². The van der Waals surface area contributed by atoms with Crippen LogP contribution in [0.1, 0.15) is 13.8 Å². The second kappa shape index (κ2) is 4.45. The number of sulfonamides is 1. The molecule has 0 bridgehead atoms. The molecule has 1 aromatic rings. The second-order valence-corrected chi connectivity index (χ2v) is 6.93. The number of benzene rings is 1. The zero-order valence-electron chi connectivity index (χ0n) is 9.98. The lowest BCUT2D eigenvalue weighted by molar-refractivity contribution is 0.171. The average molecular weight is 294 g/mol. The molecule has 1 aliphatic heterocycles. The van der Waals surface area contributed by atoms with Crippen molar-refractivity contribution in [2.75, 3.05) is 13.3 Å². The lowest BCUT2D eigenvalue weighted by Crippen LogP contribution is -2.44. The van der Waals surface area contributed by atoms with Crippen molar-refractivity contribution in [2.24, 2.45) is 0 Å². The predicted molar refractivity (Wildman–Crippen MR) is 65.3 cm³/mol. The molecule has 0 unspecified atom stereocenters. The van der Waals surface area contributed by atoms with E-state index in [-0.39, 0.29) is 18.4 Å². The van der Waals surface area contributed by atoms with Crippen molar-refractivity contribution in [3.05, 3.63) is 29.0 Å². The highest BCUT2D eigenvalue weighted by Crippen LogP contribution is 2.31. The molecule has 1 heterocycles. The van der Waals surface area contributed by atoms with Crippen molar-refractivity contribution in [3.8, 4) is 0 Å². The molecule has 0 saturated carbocycles. The minimum absolute atomic E-state index is 0.0821. The summed E-state index contributed by atoms with van der Waals surface area (Å²) in [6.45, 7) is 3.63. The minimum atomic E-state index is -3.95. The Bertz CT molecular complexity index is 574. The van der Waals surface area contributed by atoms with Gasteiger partial charge in [0.2, 0.25) is 10.0 Å². The van der Waals surface area contributed by atoms with E-state index in [4.69, 9.17) is 16.3 Å². The van der Waals surface area contributed by atoms with Gasteiger partial charge in [-0.3, -0.25) is 0 Å². The molecule has 18 heavy (non-hydrogen) atoms. The molecule has 0 radical (unpaired) electrons. The Kier molecular flexibility index (Phi) is 3.40. The standard InChI is InChI=1S/C11H13ClFNO3S/c1-11(2)6-17-7-14(11)18(15,16)9-5-3-4-8(12)10(9)13/h3-5H,6-7H2,1-2H3. The summed E-state index contributed by atoms with van der Waals surface area (Å²) in [6.07, 6.45) is 0. The molecule has 1 aromatic carbocycles. The van der Waals surface area contributed by atoms with Crippen LogP contribution in [0.2, 0.25) is 5.02 Å². The fraction of sp³-hybridized carbons (Fsp3) is 0.455. The Morgan fingerprint density at radius 1 is 1.44 bits per heavy atom. The molecule has 0 spiro atoms. The quantitative estimate of drug-likeness (QED) is 0.840. The lowest BCUT2D eigenvalue weighted by Gasteiger charge is -2.28. The summed E-state index contributed by atoms with van der Waals surface area (Å²) in [6, 6.07) is 3.91. The Hall–Kier alpha value is -0.690. The van der Waals surface area contributed by atoms with Crippen LogP contribution in [0.25, 0.3) is 0 Å². The Labute approximate surface area is 110 Å². The molecule has 1 saturated heterocycles. The first kappa shape index (κ1) is 13.7. The number of halogens is 2. The molecule has 1 fully saturated rings. The number of hydrogen-bond donors (Lipinski definition) is 0. The molecule has 0 aliphatic carbocycles. The van der Waals surface area contributed by atoms with Crippen LogP contribution >= 0.6 is 11.6 Å². The van der Waals surface area contributed by atoms with Gasteiger partial charge in [0.1, 0.15) is 11.6 Å². The first-order chi connectivity index (χ1) is 8.27. The van der Waals surface area contributed by atoms with E-state index in [2.05, 4.69) is 0 Å². The summed E-state index contributed by atoms with van der Waals surface area (Å²) < 4.78 is 44.8. The zero-order valence-corrected chi connectivity index (χ0v) is 11.6. The van der Waals surface area contributed by atoms with Crippen molar-refractivity contribution >= 4 is 21.6 Å². The second-order valence-electron chi connectivity index (χ2n) is 4.70. The van der Waals surface area contributed by atoms with Crippen LogP contribution in [0.4, 0.5) is 4.39 Å². The van der Waals surface area contributed by atoms with Gasteiger partial charge in [-0.2, -0.15) is 4.31 Å². The molecular formula is C11H13ClFNO3S. The third kappa shape index (κ3) is 2.14. The molecule has 0 atom stereocenters. The van der Waals surface area contributed by atoms with Crippen LogP contribution in [0, 0.1) is 5.82 Å². The summed E-state index contributed by atoms with van der Waals surface area (Å²) in [7, 11) is -3.95. The zero-order chi connectivity index (χ0) is 13.6. The van der Waals surface area contributed by atoms with E-state index < -0.39 is 26.3 Å². The van der Waals surface area contributed by atoms with E-state index in [1.807, 2.05) is 0 Å². The first-order valence-corrected chi connectivity index (χ1v) is 7.13. The van der Waals surface area contributed by atoms with E-state index in [1.165, 1.54) is 18.2 Å². The van der Waals surface area contributed by atoms with Crippen LogP contribution in [0.5, 0.6) is 0 Å². The van der Waals surface area contributed by atoms with Gasteiger partial charge >= 0.3 is 0 Å². The van der Waals surface area contributed by atoms with E-state index in [0.717, 1.165) is 4.31 Å². The maximum Gasteiger partial charge on any atom is 0.248 e. The van der Waals surface area contributed by atoms with Crippen LogP contribution in [0.15, 0.2) is 23.1 Å². The Morgan fingerprint density at radius 2 is 2.11 bits per heavy atom. The topological polar surface area (TPSA) is 46.6 Å². The molecule has 0 aromatic heterocycles. The van der Waals surface area contributed by atoms with Gasteiger partial charge in [0.25, 0.3) is 0 Å². The summed E-state index contributed by atoms with van der Waals surface area (Å²) in [5, 5.41) is -0.214. The fourth-order valence-corrected chi connectivity index (χ4v) is 3.79. The summed E-state index contributed by atoms with van der Waals surface area (Å²) in [4.78, 5) is -0.423. The normalized spacial score (nSPS) is 20.2.